The van der Waals surface area contributed by atoms with Crippen molar-refractivity contribution in [3.05, 3.63) is 41.2 Å². The first-order valence-corrected chi connectivity index (χ1v) is 7.55. The van der Waals surface area contributed by atoms with Gasteiger partial charge in [-0.2, -0.15) is 0 Å². The number of benzene rings is 1. The van der Waals surface area contributed by atoms with Crippen LogP contribution in [-0.2, 0) is 9.53 Å². The summed E-state index contributed by atoms with van der Waals surface area (Å²) in [7, 11) is 1.36. The molecule has 1 N–H and O–H groups in total. The summed E-state index contributed by atoms with van der Waals surface area (Å²) in [6.07, 6.45) is 0. The van der Waals surface area contributed by atoms with E-state index in [2.05, 4.69) is 4.74 Å². The topological polar surface area (TPSA) is 76.7 Å². The number of carboxylic acids is 1. The molecule has 116 valence electrons. The number of hydrogen-bond donors (Lipinski definition) is 1. The van der Waals surface area contributed by atoms with E-state index in [0.717, 1.165) is 21.6 Å². The average molecular weight is 320 g/mol. The molecule has 0 aliphatic heterocycles. The van der Waals surface area contributed by atoms with Crippen LogP contribution in [0.2, 0.25) is 0 Å². The van der Waals surface area contributed by atoms with Crippen LogP contribution in [0.3, 0.4) is 0 Å². The highest BCUT2D eigenvalue weighted by Crippen LogP contribution is 2.32. The van der Waals surface area contributed by atoms with Gasteiger partial charge < -0.3 is 14.3 Å². The largest absolute Gasteiger partial charge is 0.475 e. The quantitative estimate of drug-likeness (QED) is 0.671. The fourth-order valence-electron chi connectivity index (χ4n) is 2.00. The number of rotatable bonds is 5. The number of hydrogen-bond acceptors (Lipinski definition) is 5. The molecular weight excluding hydrogens is 304 g/mol. The molecule has 1 aromatic heterocycles. The molecule has 0 aliphatic carbocycles. The lowest BCUT2D eigenvalue weighted by Crippen LogP contribution is -2.03. The van der Waals surface area contributed by atoms with Crippen LogP contribution >= 0.6 is 11.8 Å². The van der Waals surface area contributed by atoms with Crippen LogP contribution in [0.4, 0.5) is 0 Å². The maximum absolute atomic E-state index is 11.2. The number of carbonyl (C=O) groups excluding carboxylic acids is 1. The molecule has 0 aliphatic rings. The molecule has 0 spiro atoms. The molecule has 1 aromatic carbocycles. The smallest absolute Gasteiger partial charge is 0.371 e. The Morgan fingerprint density at radius 2 is 1.95 bits per heavy atom. The summed E-state index contributed by atoms with van der Waals surface area (Å²) in [5.41, 5.74) is 2.78. The molecule has 6 heteroatoms. The second kappa shape index (κ2) is 6.70. The minimum atomic E-state index is -1.09. The molecule has 2 rings (SSSR count). The standard InChI is InChI=1S/C16H16O5S/c1-9-7-14(22-8-15(17)20-3)10(2)6-11(9)12-4-5-13(21-12)16(18)19/h4-7H,8H2,1-3H3,(H,18,19). The van der Waals surface area contributed by atoms with Crippen LogP contribution in [0.25, 0.3) is 11.3 Å². The van der Waals surface area contributed by atoms with Gasteiger partial charge in [-0.3, -0.25) is 4.79 Å². The predicted molar refractivity (Wildman–Crippen MR) is 83.3 cm³/mol. The van der Waals surface area contributed by atoms with Gasteiger partial charge in [-0.05, 0) is 49.2 Å². The van der Waals surface area contributed by atoms with Crippen LogP contribution in [0.1, 0.15) is 21.7 Å². The fourth-order valence-corrected chi connectivity index (χ4v) is 2.94. The molecule has 2 aromatic rings. The average Bonchev–Trinajstić information content (AvgIpc) is 2.97. The molecule has 5 nitrogen and oxygen atoms in total. The highest BCUT2D eigenvalue weighted by molar-refractivity contribution is 8.00. The summed E-state index contributed by atoms with van der Waals surface area (Å²) >= 11 is 1.41. The van der Waals surface area contributed by atoms with Crippen molar-refractivity contribution in [2.24, 2.45) is 0 Å². The third kappa shape index (κ3) is 3.51. The van der Waals surface area contributed by atoms with Crippen LogP contribution in [0, 0.1) is 13.8 Å². The summed E-state index contributed by atoms with van der Waals surface area (Å²) in [5.74, 6) is -0.687. The van der Waals surface area contributed by atoms with Crippen molar-refractivity contribution >= 4 is 23.7 Å². The maximum Gasteiger partial charge on any atom is 0.371 e. The van der Waals surface area contributed by atoms with Gasteiger partial charge in [0, 0.05) is 10.5 Å². The van der Waals surface area contributed by atoms with Crippen LogP contribution in [0.5, 0.6) is 0 Å². The van der Waals surface area contributed by atoms with E-state index < -0.39 is 5.97 Å². The lowest BCUT2D eigenvalue weighted by Gasteiger charge is -2.10. The van der Waals surface area contributed by atoms with Gasteiger partial charge >= 0.3 is 11.9 Å². The molecule has 0 amide bonds. The summed E-state index contributed by atoms with van der Waals surface area (Å²) in [6, 6.07) is 6.97. The highest BCUT2D eigenvalue weighted by Gasteiger charge is 2.14. The summed E-state index contributed by atoms with van der Waals surface area (Å²) < 4.78 is 9.97. The molecule has 22 heavy (non-hydrogen) atoms. The molecule has 0 atom stereocenters. The van der Waals surface area contributed by atoms with Crippen LogP contribution < -0.4 is 0 Å². The number of aryl methyl sites for hydroxylation is 2. The summed E-state index contributed by atoms with van der Waals surface area (Å²) in [4.78, 5) is 23.1. The van der Waals surface area contributed by atoms with Gasteiger partial charge in [0.1, 0.15) is 5.76 Å². The molecule has 0 fully saturated rings. The van der Waals surface area contributed by atoms with E-state index in [0.29, 0.717) is 5.76 Å². The number of carboxylic acid groups (broad SMARTS) is 1. The molecule has 0 radical (unpaired) electrons. The minimum absolute atomic E-state index is 0.0869. The zero-order valence-electron chi connectivity index (χ0n) is 12.5. The Hall–Kier alpha value is -2.21. The zero-order chi connectivity index (χ0) is 16.3. The van der Waals surface area contributed by atoms with E-state index in [1.165, 1.54) is 24.9 Å². The van der Waals surface area contributed by atoms with Crippen LogP contribution in [0.15, 0.2) is 33.6 Å². The van der Waals surface area contributed by atoms with Crippen molar-refractivity contribution in [2.75, 3.05) is 12.9 Å². The van der Waals surface area contributed by atoms with Gasteiger partial charge in [0.15, 0.2) is 0 Å². The number of methoxy groups -OCH3 is 1. The third-order valence-corrected chi connectivity index (χ3v) is 4.31. The van der Waals surface area contributed by atoms with Gasteiger partial charge in [-0.25, -0.2) is 4.79 Å². The Labute approximate surface area is 132 Å². The SMILES string of the molecule is COC(=O)CSc1cc(C)c(-c2ccc(C(=O)O)o2)cc1C. The van der Waals surface area contributed by atoms with E-state index in [1.807, 2.05) is 26.0 Å². The normalized spacial score (nSPS) is 10.5. The Kier molecular flexibility index (Phi) is 4.92. The van der Waals surface area contributed by atoms with Crippen molar-refractivity contribution in [1.82, 2.24) is 0 Å². The second-order valence-corrected chi connectivity index (χ2v) is 5.78. The van der Waals surface area contributed by atoms with Crippen molar-refractivity contribution in [3.8, 4) is 11.3 Å². The van der Waals surface area contributed by atoms with Gasteiger partial charge in [0.05, 0.1) is 12.9 Å². The van der Waals surface area contributed by atoms with E-state index in [-0.39, 0.29) is 17.5 Å². The van der Waals surface area contributed by atoms with Crippen molar-refractivity contribution in [2.45, 2.75) is 18.7 Å². The number of furan rings is 1. The van der Waals surface area contributed by atoms with Crippen molar-refractivity contribution in [1.29, 1.82) is 0 Å². The summed E-state index contributed by atoms with van der Waals surface area (Å²) in [6.45, 7) is 3.85. The highest BCUT2D eigenvalue weighted by atomic mass is 32.2. The zero-order valence-corrected chi connectivity index (χ0v) is 13.3. The molecule has 0 saturated heterocycles. The molecule has 0 saturated carbocycles. The summed E-state index contributed by atoms with van der Waals surface area (Å²) in [5, 5.41) is 8.92. The lowest BCUT2D eigenvalue weighted by molar-refractivity contribution is -0.137. The first-order chi connectivity index (χ1) is 10.4. The van der Waals surface area contributed by atoms with E-state index in [1.54, 1.807) is 6.07 Å². The first kappa shape index (κ1) is 16.2. The van der Waals surface area contributed by atoms with E-state index in [4.69, 9.17) is 9.52 Å². The minimum Gasteiger partial charge on any atom is -0.475 e. The third-order valence-electron chi connectivity index (χ3n) is 3.18. The van der Waals surface area contributed by atoms with E-state index >= 15 is 0 Å². The Balaban J connectivity index is 2.29. The fraction of sp³-hybridized carbons (Fsp3) is 0.250. The van der Waals surface area contributed by atoms with Crippen molar-refractivity contribution < 1.29 is 23.8 Å². The van der Waals surface area contributed by atoms with Gasteiger partial charge in [0.25, 0.3) is 0 Å². The maximum atomic E-state index is 11.2. The molecule has 0 unspecified atom stereocenters. The van der Waals surface area contributed by atoms with Gasteiger partial charge in [-0.15, -0.1) is 11.8 Å². The first-order valence-electron chi connectivity index (χ1n) is 6.56. The predicted octanol–water partition coefficient (Wildman–Crippen LogP) is 3.53. The number of esters is 1. The monoisotopic (exact) mass is 320 g/mol. The Morgan fingerprint density at radius 1 is 1.23 bits per heavy atom. The van der Waals surface area contributed by atoms with Crippen LogP contribution in [-0.4, -0.2) is 29.9 Å². The molecule has 1 heterocycles. The second-order valence-electron chi connectivity index (χ2n) is 4.77. The number of thioether (sulfide) groups is 1. The Morgan fingerprint density at radius 3 is 2.55 bits per heavy atom. The van der Waals surface area contributed by atoms with Gasteiger partial charge in [-0.1, -0.05) is 0 Å². The number of carbonyl (C=O) groups is 2. The van der Waals surface area contributed by atoms with E-state index in [9.17, 15) is 9.59 Å². The van der Waals surface area contributed by atoms with Gasteiger partial charge in [0.2, 0.25) is 5.76 Å². The molecular formula is C16H16O5S. The number of aromatic carboxylic acids is 1. The lowest BCUT2D eigenvalue weighted by atomic mass is 10.0. The van der Waals surface area contributed by atoms with Crippen molar-refractivity contribution in [3.63, 3.8) is 0 Å². The number of ether oxygens (including phenoxy) is 1. The Bertz CT molecular complexity index is 717. The molecule has 0 bridgehead atoms.